The summed E-state index contributed by atoms with van der Waals surface area (Å²) in [6, 6.07) is 19.5. The molecule has 5 nitrogen and oxygen atoms in total. The van der Waals surface area contributed by atoms with Crippen molar-refractivity contribution in [1.82, 2.24) is 10.2 Å². The van der Waals surface area contributed by atoms with Crippen LogP contribution in [-0.4, -0.2) is 24.0 Å². The van der Waals surface area contributed by atoms with Gasteiger partial charge in [-0.3, -0.25) is 0 Å². The molecule has 1 saturated heterocycles. The Bertz CT molecular complexity index is 747. The first-order valence-electron chi connectivity index (χ1n) is 8.49. The van der Waals surface area contributed by atoms with Gasteiger partial charge in [0.2, 0.25) is 0 Å². The van der Waals surface area contributed by atoms with E-state index in [1.54, 1.807) is 4.90 Å². The minimum absolute atomic E-state index is 0.0780. The van der Waals surface area contributed by atoms with Crippen molar-refractivity contribution in [2.75, 3.05) is 13.1 Å². The molecule has 0 saturated carbocycles. The summed E-state index contributed by atoms with van der Waals surface area (Å²) in [7, 11) is 0. The van der Waals surface area contributed by atoms with Crippen LogP contribution in [-0.2, 0) is 6.54 Å². The van der Waals surface area contributed by atoms with E-state index >= 15 is 0 Å². The second kappa shape index (κ2) is 8.20. The predicted octanol–water partition coefficient (Wildman–Crippen LogP) is 3.92. The molecule has 3 rings (SSSR count). The number of benzene rings is 2. The van der Waals surface area contributed by atoms with Crippen LogP contribution in [0.15, 0.2) is 54.6 Å². The first-order valence-corrected chi connectivity index (χ1v) is 8.49. The fourth-order valence-electron chi connectivity index (χ4n) is 2.84. The zero-order chi connectivity index (χ0) is 17.5. The van der Waals surface area contributed by atoms with E-state index in [-0.39, 0.29) is 11.9 Å². The quantitative estimate of drug-likeness (QED) is 0.921. The molecule has 2 aromatic rings. The number of amides is 2. The summed E-state index contributed by atoms with van der Waals surface area (Å²) in [6.45, 7) is 1.73. The van der Waals surface area contributed by atoms with Gasteiger partial charge < -0.3 is 15.0 Å². The SMILES string of the molecule is N#CC1CCN(C(=O)NCc2cccc(Oc3ccccc3)c2)CC1. The maximum absolute atomic E-state index is 12.2. The van der Waals surface area contributed by atoms with Crippen molar-refractivity contribution in [3.63, 3.8) is 0 Å². The number of rotatable bonds is 4. The molecule has 0 aliphatic carbocycles. The zero-order valence-electron chi connectivity index (χ0n) is 14.0. The maximum atomic E-state index is 12.2. The third-order valence-electron chi connectivity index (χ3n) is 4.29. The Morgan fingerprint density at radius 2 is 1.84 bits per heavy atom. The van der Waals surface area contributed by atoms with Gasteiger partial charge in [-0.2, -0.15) is 5.26 Å². The third kappa shape index (κ3) is 4.74. The Hall–Kier alpha value is -3.00. The molecule has 0 unspecified atom stereocenters. The molecule has 1 heterocycles. The number of nitriles is 1. The molecule has 1 aliphatic heterocycles. The number of urea groups is 1. The summed E-state index contributed by atoms with van der Waals surface area (Å²) in [5.41, 5.74) is 0.980. The number of carbonyl (C=O) groups is 1. The highest BCUT2D eigenvalue weighted by Crippen LogP contribution is 2.22. The molecule has 0 bridgehead atoms. The lowest BCUT2D eigenvalue weighted by molar-refractivity contribution is 0.178. The Morgan fingerprint density at radius 1 is 1.12 bits per heavy atom. The van der Waals surface area contributed by atoms with Gasteiger partial charge in [0.1, 0.15) is 11.5 Å². The van der Waals surface area contributed by atoms with Crippen molar-refractivity contribution < 1.29 is 9.53 Å². The van der Waals surface area contributed by atoms with Gasteiger partial charge in [-0.05, 0) is 42.7 Å². The van der Waals surface area contributed by atoms with Gasteiger partial charge in [-0.15, -0.1) is 0 Å². The smallest absolute Gasteiger partial charge is 0.317 e. The number of nitrogens with zero attached hydrogens (tertiary/aromatic N) is 2. The largest absolute Gasteiger partial charge is 0.457 e. The van der Waals surface area contributed by atoms with Crippen LogP contribution in [0.2, 0.25) is 0 Å². The van der Waals surface area contributed by atoms with Crippen molar-refractivity contribution in [3.8, 4) is 17.6 Å². The van der Waals surface area contributed by atoms with Crippen LogP contribution in [0.25, 0.3) is 0 Å². The molecular formula is C20H21N3O2. The summed E-state index contributed by atoms with van der Waals surface area (Å²) in [4.78, 5) is 14.0. The van der Waals surface area contributed by atoms with Gasteiger partial charge in [0.25, 0.3) is 0 Å². The first-order chi connectivity index (χ1) is 12.2. The summed E-state index contributed by atoms with van der Waals surface area (Å²) in [6.07, 6.45) is 1.51. The lowest BCUT2D eigenvalue weighted by Gasteiger charge is -2.29. The highest BCUT2D eigenvalue weighted by molar-refractivity contribution is 5.74. The van der Waals surface area contributed by atoms with E-state index in [0.717, 1.165) is 29.9 Å². The number of ether oxygens (including phenoxy) is 1. The topological polar surface area (TPSA) is 65.4 Å². The van der Waals surface area contributed by atoms with Gasteiger partial charge >= 0.3 is 6.03 Å². The van der Waals surface area contributed by atoms with Crippen LogP contribution in [0, 0.1) is 17.2 Å². The molecule has 0 radical (unpaired) electrons. The number of para-hydroxylation sites is 1. The standard InChI is InChI=1S/C20H21N3O2/c21-14-16-9-11-23(12-10-16)20(24)22-15-17-5-4-8-19(13-17)25-18-6-2-1-3-7-18/h1-8,13,16H,9-12,15H2,(H,22,24). The summed E-state index contributed by atoms with van der Waals surface area (Å²) in [5.74, 6) is 1.60. The van der Waals surface area contributed by atoms with Gasteiger partial charge in [-0.25, -0.2) is 4.79 Å². The Morgan fingerprint density at radius 3 is 2.56 bits per heavy atom. The maximum Gasteiger partial charge on any atom is 0.317 e. The molecular weight excluding hydrogens is 314 g/mol. The number of hydrogen-bond donors (Lipinski definition) is 1. The normalized spacial score (nSPS) is 14.6. The molecule has 2 aromatic carbocycles. The molecule has 25 heavy (non-hydrogen) atoms. The van der Waals surface area contributed by atoms with E-state index in [1.807, 2.05) is 54.6 Å². The summed E-state index contributed by atoms with van der Waals surface area (Å²) in [5, 5.41) is 11.9. The first kappa shape index (κ1) is 16.8. The van der Waals surface area contributed by atoms with Crippen LogP contribution in [0.3, 0.4) is 0 Å². The highest BCUT2D eigenvalue weighted by Gasteiger charge is 2.22. The molecule has 0 atom stereocenters. The lowest BCUT2D eigenvalue weighted by atomic mass is 9.99. The minimum atomic E-state index is -0.0780. The summed E-state index contributed by atoms with van der Waals surface area (Å²) < 4.78 is 5.81. The van der Waals surface area contributed by atoms with Crippen LogP contribution in [0.4, 0.5) is 4.79 Å². The second-order valence-electron chi connectivity index (χ2n) is 6.11. The number of carbonyl (C=O) groups excluding carboxylic acids is 1. The molecule has 0 spiro atoms. The molecule has 1 fully saturated rings. The van der Waals surface area contributed by atoms with Crippen LogP contribution >= 0.6 is 0 Å². The average Bonchev–Trinajstić information content (AvgIpc) is 2.67. The second-order valence-corrected chi connectivity index (χ2v) is 6.11. The van der Waals surface area contributed by atoms with Crippen molar-refractivity contribution in [3.05, 3.63) is 60.2 Å². The van der Waals surface area contributed by atoms with E-state index in [4.69, 9.17) is 10.00 Å². The van der Waals surface area contributed by atoms with Gasteiger partial charge in [0, 0.05) is 25.6 Å². The van der Waals surface area contributed by atoms with E-state index < -0.39 is 0 Å². The fourth-order valence-corrected chi connectivity index (χ4v) is 2.84. The zero-order valence-corrected chi connectivity index (χ0v) is 14.0. The van der Waals surface area contributed by atoms with Crippen LogP contribution in [0.5, 0.6) is 11.5 Å². The Balaban J connectivity index is 1.52. The monoisotopic (exact) mass is 335 g/mol. The molecule has 128 valence electrons. The van der Waals surface area contributed by atoms with Crippen molar-refractivity contribution in [1.29, 1.82) is 5.26 Å². The predicted molar refractivity (Wildman–Crippen MR) is 95.1 cm³/mol. The molecule has 1 aliphatic rings. The highest BCUT2D eigenvalue weighted by atomic mass is 16.5. The van der Waals surface area contributed by atoms with Crippen LogP contribution in [0.1, 0.15) is 18.4 Å². The average molecular weight is 335 g/mol. The number of nitrogens with one attached hydrogen (secondary N) is 1. The molecule has 5 heteroatoms. The van der Waals surface area contributed by atoms with Crippen LogP contribution < -0.4 is 10.1 Å². The third-order valence-corrected chi connectivity index (χ3v) is 4.29. The minimum Gasteiger partial charge on any atom is -0.457 e. The lowest BCUT2D eigenvalue weighted by Crippen LogP contribution is -2.44. The fraction of sp³-hybridized carbons (Fsp3) is 0.300. The van der Waals surface area contributed by atoms with Gasteiger partial charge in [0.05, 0.1) is 6.07 Å². The van der Waals surface area contributed by atoms with Crippen molar-refractivity contribution in [2.24, 2.45) is 5.92 Å². The molecule has 2 amide bonds. The molecule has 1 N–H and O–H groups in total. The van der Waals surface area contributed by atoms with Crippen molar-refractivity contribution in [2.45, 2.75) is 19.4 Å². The number of hydrogen-bond acceptors (Lipinski definition) is 3. The van der Waals surface area contributed by atoms with Gasteiger partial charge in [-0.1, -0.05) is 30.3 Å². The Labute approximate surface area is 147 Å². The van der Waals surface area contributed by atoms with E-state index in [9.17, 15) is 4.79 Å². The van der Waals surface area contributed by atoms with E-state index in [2.05, 4.69) is 11.4 Å². The van der Waals surface area contributed by atoms with E-state index in [1.165, 1.54) is 0 Å². The summed E-state index contributed by atoms with van der Waals surface area (Å²) >= 11 is 0. The van der Waals surface area contributed by atoms with Crippen molar-refractivity contribution >= 4 is 6.03 Å². The number of piperidine rings is 1. The number of likely N-dealkylation sites (tertiary alicyclic amines) is 1. The molecule has 0 aromatic heterocycles. The van der Waals surface area contributed by atoms with Gasteiger partial charge in [0.15, 0.2) is 0 Å². The van der Waals surface area contributed by atoms with E-state index in [0.29, 0.717) is 19.6 Å². The Kier molecular flexibility index (Phi) is 5.53.